The molecule has 4 rings (SSSR count). The molecule has 0 saturated heterocycles. The first-order chi connectivity index (χ1) is 13.8. The molecular weight excluding hydrogens is 342 g/mol. The van der Waals surface area contributed by atoms with Gasteiger partial charge in [0.25, 0.3) is 0 Å². The molecule has 0 fully saturated rings. The van der Waals surface area contributed by atoms with Crippen molar-refractivity contribution in [1.82, 2.24) is 4.98 Å². The largest absolute Gasteiger partial charge is 0.388 e. The SMILES string of the molecule is CNc1cccc(-c2cc(-c3ccccc3)cc(-c3cccc(NC)c3)n2)c1. The normalized spacial score (nSPS) is 10.5. The van der Waals surface area contributed by atoms with Gasteiger partial charge in [-0.25, -0.2) is 4.98 Å². The predicted molar refractivity (Wildman–Crippen MR) is 120 cm³/mol. The average Bonchev–Trinajstić information content (AvgIpc) is 2.79. The maximum absolute atomic E-state index is 4.99. The van der Waals surface area contributed by atoms with E-state index < -0.39 is 0 Å². The molecular formula is C25H23N3. The molecule has 3 aromatic carbocycles. The Kier molecular flexibility index (Phi) is 5.07. The van der Waals surface area contributed by atoms with Crippen LogP contribution < -0.4 is 10.6 Å². The zero-order valence-corrected chi connectivity index (χ0v) is 16.1. The van der Waals surface area contributed by atoms with E-state index >= 15 is 0 Å². The van der Waals surface area contributed by atoms with Crippen molar-refractivity contribution >= 4 is 11.4 Å². The lowest BCUT2D eigenvalue weighted by atomic mass is 9.99. The highest BCUT2D eigenvalue weighted by Gasteiger charge is 2.09. The van der Waals surface area contributed by atoms with Crippen LogP contribution in [0.3, 0.4) is 0 Å². The predicted octanol–water partition coefficient (Wildman–Crippen LogP) is 6.17. The van der Waals surface area contributed by atoms with Gasteiger partial charge in [-0.3, -0.25) is 0 Å². The van der Waals surface area contributed by atoms with Crippen LogP contribution in [0.1, 0.15) is 0 Å². The maximum Gasteiger partial charge on any atom is 0.0716 e. The lowest BCUT2D eigenvalue weighted by Gasteiger charge is -2.12. The second-order valence-electron chi connectivity index (χ2n) is 6.65. The van der Waals surface area contributed by atoms with Gasteiger partial charge in [0, 0.05) is 36.6 Å². The van der Waals surface area contributed by atoms with Crippen LogP contribution >= 0.6 is 0 Å². The van der Waals surface area contributed by atoms with Crippen LogP contribution in [0, 0.1) is 0 Å². The summed E-state index contributed by atoms with van der Waals surface area (Å²) in [6.07, 6.45) is 0. The number of benzene rings is 3. The van der Waals surface area contributed by atoms with E-state index in [1.165, 1.54) is 5.56 Å². The summed E-state index contributed by atoms with van der Waals surface area (Å²) in [5.41, 5.74) is 8.59. The topological polar surface area (TPSA) is 37.0 Å². The highest BCUT2D eigenvalue weighted by Crippen LogP contribution is 2.31. The molecule has 0 aliphatic heterocycles. The van der Waals surface area contributed by atoms with Crippen molar-refractivity contribution in [3.05, 3.63) is 91.0 Å². The summed E-state index contributed by atoms with van der Waals surface area (Å²) < 4.78 is 0. The zero-order valence-electron chi connectivity index (χ0n) is 16.1. The van der Waals surface area contributed by atoms with Crippen LogP contribution in [0.25, 0.3) is 33.6 Å². The molecule has 28 heavy (non-hydrogen) atoms. The Morgan fingerprint density at radius 3 is 1.50 bits per heavy atom. The number of aromatic nitrogens is 1. The minimum Gasteiger partial charge on any atom is -0.388 e. The molecule has 3 heteroatoms. The van der Waals surface area contributed by atoms with E-state index in [0.717, 1.165) is 39.5 Å². The van der Waals surface area contributed by atoms with Crippen LogP contribution in [-0.2, 0) is 0 Å². The summed E-state index contributed by atoms with van der Waals surface area (Å²) in [7, 11) is 3.86. The summed E-state index contributed by atoms with van der Waals surface area (Å²) in [5, 5.41) is 6.42. The molecule has 3 nitrogen and oxygen atoms in total. The fraction of sp³-hybridized carbons (Fsp3) is 0.0800. The van der Waals surface area contributed by atoms with Crippen LogP contribution in [-0.4, -0.2) is 19.1 Å². The number of nitrogens with one attached hydrogen (secondary N) is 2. The standard InChI is InChI=1S/C25H23N3/c1-26-22-12-6-10-19(14-22)24-16-21(18-8-4-3-5-9-18)17-25(28-24)20-11-7-13-23(15-20)27-2/h3-17,26-27H,1-2H3. The van der Waals surface area contributed by atoms with Gasteiger partial charge in [-0.1, -0.05) is 54.6 Å². The van der Waals surface area contributed by atoms with Gasteiger partial charge in [-0.15, -0.1) is 0 Å². The van der Waals surface area contributed by atoms with Gasteiger partial charge in [-0.2, -0.15) is 0 Å². The Hall–Kier alpha value is -3.59. The molecule has 0 radical (unpaired) electrons. The van der Waals surface area contributed by atoms with Gasteiger partial charge in [0.15, 0.2) is 0 Å². The number of rotatable bonds is 5. The highest BCUT2D eigenvalue weighted by atomic mass is 14.8. The van der Waals surface area contributed by atoms with E-state index in [2.05, 4.69) is 95.6 Å². The van der Waals surface area contributed by atoms with Gasteiger partial charge in [0.1, 0.15) is 0 Å². The fourth-order valence-corrected chi connectivity index (χ4v) is 3.29. The van der Waals surface area contributed by atoms with E-state index in [-0.39, 0.29) is 0 Å². The van der Waals surface area contributed by atoms with Crippen LogP contribution in [0.5, 0.6) is 0 Å². The summed E-state index contributed by atoms with van der Waals surface area (Å²) in [6, 6.07) is 31.5. The minimum atomic E-state index is 0.961. The van der Waals surface area contributed by atoms with Gasteiger partial charge in [-0.05, 0) is 47.5 Å². The lowest BCUT2D eigenvalue weighted by Crippen LogP contribution is -1.94. The number of pyridine rings is 1. The summed E-state index contributed by atoms with van der Waals surface area (Å²) in [6.45, 7) is 0. The zero-order chi connectivity index (χ0) is 19.3. The Bertz CT molecular complexity index is 1020. The van der Waals surface area contributed by atoms with Crippen molar-refractivity contribution in [3.63, 3.8) is 0 Å². The van der Waals surface area contributed by atoms with Crippen molar-refractivity contribution < 1.29 is 0 Å². The number of nitrogens with zero attached hydrogens (tertiary/aromatic N) is 1. The van der Waals surface area contributed by atoms with Gasteiger partial charge in [0.05, 0.1) is 11.4 Å². The highest BCUT2D eigenvalue weighted by molar-refractivity contribution is 5.78. The molecule has 0 amide bonds. The van der Waals surface area contributed by atoms with Crippen molar-refractivity contribution in [2.45, 2.75) is 0 Å². The average molecular weight is 365 g/mol. The molecule has 4 aromatic rings. The number of hydrogen-bond acceptors (Lipinski definition) is 3. The Balaban J connectivity index is 1.90. The Labute approximate surface area is 166 Å². The van der Waals surface area contributed by atoms with Crippen molar-refractivity contribution in [2.24, 2.45) is 0 Å². The minimum absolute atomic E-state index is 0.961. The van der Waals surface area contributed by atoms with Crippen molar-refractivity contribution in [2.75, 3.05) is 24.7 Å². The number of hydrogen-bond donors (Lipinski definition) is 2. The lowest BCUT2D eigenvalue weighted by molar-refractivity contribution is 1.32. The molecule has 138 valence electrons. The molecule has 0 atom stereocenters. The number of anilines is 2. The molecule has 1 aromatic heterocycles. The summed E-state index contributed by atoms with van der Waals surface area (Å²) in [4.78, 5) is 4.99. The molecule has 0 saturated carbocycles. The molecule has 0 bridgehead atoms. The van der Waals surface area contributed by atoms with Crippen LogP contribution in [0.15, 0.2) is 91.0 Å². The Morgan fingerprint density at radius 1 is 0.500 bits per heavy atom. The monoisotopic (exact) mass is 365 g/mol. The van der Waals surface area contributed by atoms with E-state index in [0.29, 0.717) is 0 Å². The Morgan fingerprint density at radius 2 is 1.00 bits per heavy atom. The van der Waals surface area contributed by atoms with Gasteiger partial charge in [0.2, 0.25) is 0 Å². The first-order valence-corrected chi connectivity index (χ1v) is 9.41. The second kappa shape index (κ2) is 7.97. The molecule has 0 spiro atoms. The molecule has 0 unspecified atom stereocenters. The fourth-order valence-electron chi connectivity index (χ4n) is 3.29. The van der Waals surface area contributed by atoms with E-state index in [4.69, 9.17) is 4.98 Å². The summed E-state index contributed by atoms with van der Waals surface area (Å²) in [5.74, 6) is 0. The maximum atomic E-state index is 4.99. The third-order valence-electron chi connectivity index (χ3n) is 4.83. The van der Waals surface area contributed by atoms with Crippen molar-refractivity contribution in [3.8, 4) is 33.6 Å². The first-order valence-electron chi connectivity index (χ1n) is 9.41. The molecule has 0 aliphatic rings. The third kappa shape index (κ3) is 3.74. The second-order valence-corrected chi connectivity index (χ2v) is 6.65. The smallest absolute Gasteiger partial charge is 0.0716 e. The van der Waals surface area contributed by atoms with E-state index in [1.807, 2.05) is 20.2 Å². The van der Waals surface area contributed by atoms with Crippen molar-refractivity contribution in [1.29, 1.82) is 0 Å². The quantitative estimate of drug-likeness (QED) is 0.444. The van der Waals surface area contributed by atoms with Gasteiger partial charge >= 0.3 is 0 Å². The van der Waals surface area contributed by atoms with E-state index in [1.54, 1.807) is 0 Å². The molecule has 2 N–H and O–H groups in total. The van der Waals surface area contributed by atoms with Crippen LogP contribution in [0.2, 0.25) is 0 Å². The van der Waals surface area contributed by atoms with Gasteiger partial charge < -0.3 is 10.6 Å². The van der Waals surface area contributed by atoms with E-state index in [9.17, 15) is 0 Å². The third-order valence-corrected chi connectivity index (χ3v) is 4.83. The molecule has 0 aliphatic carbocycles. The first kappa shape index (κ1) is 17.8. The van der Waals surface area contributed by atoms with Crippen LogP contribution in [0.4, 0.5) is 11.4 Å². The molecule has 1 heterocycles. The summed E-state index contributed by atoms with van der Waals surface area (Å²) >= 11 is 0.